The molecule has 1 rings (SSSR count). The van der Waals surface area contributed by atoms with Crippen molar-refractivity contribution < 1.29 is 14.9 Å². The number of aromatic hydroxyl groups is 1. The standard InChI is InChI=1S/C22H39NO3/c1-5-22(23,16-24)13-11-19-9-10-20(15-21(19)25)26-14-12-18(4)8-6-7-17(2)3/h9-10,15,17-18,24-25H,5-8,11-14,16,23H2,1-4H3. The van der Waals surface area contributed by atoms with Crippen molar-refractivity contribution in [2.75, 3.05) is 13.2 Å². The molecule has 4 nitrogen and oxygen atoms in total. The Morgan fingerprint density at radius 1 is 1.15 bits per heavy atom. The summed E-state index contributed by atoms with van der Waals surface area (Å²) in [6.07, 6.45) is 6.84. The first kappa shape index (κ1) is 22.8. The zero-order valence-corrected chi connectivity index (χ0v) is 17.1. The molecule has 0 heterocycles. The van der Waals surface area contributed by atoms with Crippen molar-refractivity contribution in [3.63, 3.8) is 0 Å². The third kappa shape index (κ3) is 8.41. The molecule has 0 spiro atoms. The van der Waals surface area contributed by atoms with Gasteiger partial charge in [0.1, 0.15) is 11.5 Å². The number of hydrogen-bond acceptors (Lipinski definition) is 4. The minimum absolute atomic E-state index is 0.0409. The molecule has 0 bridgehead atoms. The molecule has 150 valence electrons. The molecule has 2 unspecified atom stereocenters. The zero-order chi connectivity index (χ0) is 19.6. The molecule has 4 heteroatoms. The number of aliphatic hydroxyl groups excluding tert-OH is 1. The third-order valence-corrected chi connectivity index (χ3v) is 5.33. The molecule has 1 aromatic rings. The lowest BCUT2D eigenvalue weighted by Gasteiger charge is -2.25. The number of aryl methyl sites for hydroxylation is 1. The fourth-order valence-corrected chi connectivity index (χ4v) is 2.99. The predicted molar refractivity (Wildman–Crippen MR) is 109 cm³/mol. The third-order valence-electron chi connectivity index (χ3n) is 5.33. The number of hydrogen-bond donors (Lipinski definition) is 3. The maximum atomic E-state index is 10.2. The average molecular weight is 366 g/mol. The van der Waals surface area contributed by atoms with E-state index in [4.69, 9.17) is 10.5 Å². The molecule has 0 saturated carbocycles. The second-order valence-electron chi connectivity index (χ2n) is 8.23. The van der Waals surface area contributed by atoms with Crippen molar-refractivity contribution in [3.05, 3.63) is 23.8 Å². The maximum absolute atomic E-state index is 10.2. The molecule has 0 aliphatic rings. The van der Waals surface area contributed by atoms with Gasteiger partial charge in [-0.1, -0.05) is 53.0 Å². The summed E-state index contributed by atoms with van der Waals surface area (Å²) in [4.78, 5) is 0. The smallest absolute Gasteiger partial charge is 0.122 e. The van der Waals surface area contributed by atoms with Crippen LogP contribution < -0.4 is 10.5 Å². The van der Waals surface area contributed by atoms with E-state index in [1.165, 1.54) is 19.3 Å². The molecule has 1 aromatic carbocycles. The highest BCUT2D eigenvalue weighted by Crippen LogP contribution is 2.27. The van der Waals surface area contributed by atoms with E-state index in [9.17, 15) is 10.2 Å². The molecule has 4 N–H and O–H groups in total. The van der Waals surface area contributed by atoms with Gasteiger partial charge in [0, 0.05) is 11.6 Å². The van der Waals surface area contributed by atoms with Gasteiger partial charge < -0.3 is 20.7 Å². The first-order valence-electron chi connectivity index (χ1n) is 10.1. The van der Waals surface area contributed by atoms with Gasteiger partial charge in [-0.05, 0) is 49.1 Å². The summed E-state index contributed by atoms with van der Waals surface area (Å²) in [5, 5.41) is 19.6. The Morgan fingerprint density at radius 3 is 2.46 bits per heavy atom. The molecule has 0 amide bonds. The van der Waals surface area contributed by atoms with Gasteiger partial charge in [-0.15, -0.1) is 0 Å². The fraction of sp³-hybridized carbons (Fsp3) is 0.727. The minimum atomic E-state index is -0.576. The van der Waals surface area contributed by atoms with Gasteiger partial charge in [-0.25, -0.2) is 0 Å². The highest BCUT2D eigenvalue weighted by Gasteiger charge is 2.21. The van der Waals surface area contributed by atoms with E-state index in [2.05, 4.69) is 20.8 Å². The number of phenols is 1. The number of phenolic OH excluding ortho intramolecular Hbond substituents is 1. The molecule has 0 aliphatic carbocycles. The first-order valence-corrected chi connectivity index (χ1v) is 10.1. The van der Waals surface area contributed by atoms with Crippen LogP contribution >= 0.6 is 0 Å². The van der Waals surface area contributed by atoms with Crippen LogP contribution in [0.15, 0.2) is 18.2 Å². The van der Waals surface area contributed by atoms with E-state index >= 15 is 0 Å². The van der Waals surface area contributed by atoms with Crippen LogP contribution in [0, 0.1) is 11.8 Å². The average Bonchev–Trinajstić information content (AvgIpc) is 2.60. The molecular formula is C22H39NO3. The summed E-state index contributed by atoms with van der Waals surface area (Å²) in [6.45, 7) is 9.41. The highest BCUT2D eigenvalue weighted by molar-refractivity contribution is 5.39. The van der Waals surface area contributed by atoms with Crippen LogP contribution in [0.2, 0.25) is 0 Å². The molecule has 0 fully saturated rings. The Hall–Kier alpha value is -1.26. The van der Waals surface area contributed by atoms with Crippen molar-refractivity contribution in [1.29, 1.82) is 0 Å². The van der Waals surface area contributed by atoms with Gasteiger partial charge >= 0.3 is 0 Å². The van der Waals surface area contributed by atoms with Crippen LogP contribution in [0.5, 0.6) is 11.5 Å². The van der Waals surface area contributed by atoms with Crippen LogP contribution in [-0.2, 0) is 6.42 Å². The monoisotopic (exact) mass is 365 g/mol. The highest BCUT2D eigenvalue weighted by atomic mass is 16.5. The van der Waals surface area contributed by atoms with Crippen molar-refractivity contribution in [2.24, 2.45) is 17.6 Å². The van der Waals surface area contributed by atoms with Gasteiger partial charge in [0.15, 0.2) is 0 Å². The van der Waals surface area contributed by atoms with Crippen LogP contribution in [0.1, 0.15) is 71.8 Å². The van der Waals surface area contributed by atoms with E-state index in [-0.39, 0.29) is 12.4 Å². The largest absolute Gasteiger partial charge is 0.508 e. The molecule has 0 saturated heterocycles. The number of nitrogens with two attached hydrogens (primary N) is 1. The Morgan fingerprint density at radius 2 is 1.88 bits per heavy atom. The van der Waals surface area contributed by atoms with Gasteiger partial charge in [0.05, 0.1) is 13.2 Å². The topological polar surface area (TPSA) is 75.7 Å². The summed E-state index contributed by atoms with van der Waals surface area (Å²) >= 11 is 0. The van der Waals surface area contributed by atoms with E-state index < -0.39 is 5.54 Å². The molecule has 2 atom stereocenters. The van der Waals surface area contributed by atoms with Gasteiger partial charge in [0.2, 0.25) is 0 Å². The summed E-state index contributed by atoms with van der Waals surface area (Å²) in [7, 11) is 0. The zero-order valence-electron chi connectivity index (χ0n) is 17.1. The normalized spacial score (nSPS) is 15.0. The molecule has 0 aromatic heterocycles. The van der Waals surface area contributed by atoms with Gasteiger partial charge in [0.25, 0.3) is 0 Å². The van der Waals surface area contributed by atoms with Crippen LogP contribution in [0.3, 0.4) is 0 Å². The molecule has 26 heavy (non-hydrogen) atoms. The Balaban J connectivity index is 2.40. The number of ether oxygens (including phenoxy) is 1. The van der Waals surface area contributed by atoms with Crippen molar-refractivity contribution in [2.45, 2.75) is 78.2 Å². The van der Waals surface area contributed by atoms with E-state index in [0.29, 0.717) is 37.5 Å². The lowest BCUT2D eigenvalue weighted by molar-refractivity contribution is 0.182. The minimum Gasteiger partial charge on any atom is -0.508 e. The number of benzene rings is 1. The van der Waals surface area contributed by atoms with E-state index in [0.717, 1.165) is 17.9 Å². The number of rotatable bonds is 13. The summed E-state index contributed by atoms with van der Waals surface area (Å²) in [5.41, 5.74) is 6.38. The Kier molecular flexibility index (Phi) is 10.0. The Bertz CT molecular complexity index is 512. The second kappa shape index (κ2) is 11.5. The van der Waals surface area contributed by atoms with Crippen molar-refractivity contribution in [1.82, 2.24) is 0 Å². The van der Waals surface area contributed by atoms with E-state index in [1.54, 1.807) is 6.07 Å². The molecular weight excluding hydrogens is 326 g/mol. The quantitative estimate of drug-likeness (QED) is 0.475. The SMILES string of the molecule is CCC(N)(CO)CCc1ccc(OCCC(C)CCCC(C)C)cc1O. The van der Waals surface area contributed by atoms with Crippen molar-refractivity contribution in [3.8, 4) is 11.5 Å². The van der Waals surface area contributed by atoms with Gasteiger partial charge in [-0.2, -0.15) is 0 Å². The lowest BCUT2D eigenvalue weighted by Crippen LogP contribution is -2.43. The Labute approximate surface area is 159 Å². The fourth-order valence-electron chi connectivity index (χ4n) is 2.99. The molecule has 0 aliphatic heterocycles. The molecule has 0 radical (unpaired) electrons. The predicted octanol–water partition coefficient (Wildman–Crippen LogP) is 4.66. The van der Waals surface area contributed by atoms with Crippen LogP contribution in [0.25, 0.3) is 0 Å². The van der Waals surface area contributed by atoms with Crippen LogP contribution in [-0.4, -0.2) is 29.0 Å². The lowest BCUT2D eigenvalue weighted by atomic mass is 9.90. The van der Waals surface area contributed by atoms with Gasteiger partial charge in [-0.3, -0.25) is 0 Å². The van der Waals surface area contributed by atoms with Crippen LogP contribution in [0.4, 0.5) is 0 Å². The second-order valence-corrected chi connectivity index (χ2v) is 8.23. The summed E-state index contributed by atoms with van der Waals surface area (Å²) in [5.74, 6) is 2.38. The van der Waals surface area contributed by atoms with E-state index in [1.807, 2.05) is 19.1 Å². The summed E-state index contributed by atoms with van der Waals surface area (Å²) in [6, 6.07) is 5.48. The van der Waals surface area contributed by atoms with Crippen molar-refractivity contribution >= 4 is 0 Å². The maximum Gasteiger partial charge on any atom is 0.122 e. The summed E-state index contributed by atoms with van der Waals surface area (Å²) < 4.78 is 5.80. The first-order chi connectivity index (χ1) is 12.3. The number of aliphatic hydroxyl groups is 1.